The first-order valence-electron chi connectivity index (χ1n) is 8.26. The van der Waals surface area contributed by atoms with Crippen molar-refractivity contribution in [3.63, 3.8) is 0 Å². The Morgan fingerprint density at radius 1 is 0.783 bits per heavy atom. The molecule has 2 N–H and O–H groups in total. The van der Waals surface area contributed by atoms with Gasteiger partial charge in [-0.1, -0.05) is 0 Å². The Balaban J connectivity index is 4.72. The van der Waals surface area contributed by atoms with Gasteiger partial charge in [0.05, 0.1) is 0 Å². The van der Waals surface area contributed by atoms with E-state index in [1.54, 1.807) is 9.80 Å². The van der Waals surface area contributed by atoms with E-state index in [-0.39, 0.29) is 37.5 Å². The highest BCUT2D eigenvalue weighted by atomic mass is 16.4. The molecule has 7 nitrogen and oxygen atoms in total. The number of carbonyl (C=O) groups excluding carboxylic acids is 2. The quantitative estimate of drug-likeness (QED) is 0.591. The number of carbonyl (C=O) groups is 3. The molecule has 0 unspecified atom stereocenters. The number of carboxylic acid groups (broad SMARTS) is 1. The molecule has 0 heterocycles. The van der Waals surface area contributed by atoms with Crippen molar-refractivity contribution in [3.8, 4) is 0 Å². The Hall–Kier alpha value is -1.63. The normalized spacial score (nSPS) is 11.2. The van der Waals surface area contributed by atoms with Crippen LogP contribution in [0.1, 0.15) is 53.4 Å². The zero-order valence-corrected chi connectivity index (χ0v) is 14.7. The summed E-state index contributed by atoms with van der Waals surface area (Å²) in [7, 11) is 0. The first kappa shape index (κ1) is 21.4. The van der Waals surface area contributed by atoms with Gasteiger partial charge in [-0.3, -0.25) is 9.59 Å². The van der Waals surface area contributed by atoms with Gasteiger partial charge in [0.1, 0.15) is 0 Å². The van der Waals surface area contributed by atoms with Crippen LogP contribution in [0.5, 0.6) is 0 Å². The minimum absolute atomic E-state index is 0.0516. The molecule has 0 aliphatic rings. The number of nitrogens with zero attached hydrogens (tertiary/aromatic N) is 2. The molecule has 7 heteroatoms. The molecule has 0 saturated heterocycles. The fraction of sp³-hybridized carbons (Fsp3) is 0.812. The van der Waals surface area contributed by atoms with Crippen LogP contribution in [0.15, 0.2) is 0 Å². The summed E-state index contributed by atoms with van der Waals surface area (Å²) in [4.78, 5) is 38.5. The largest absolute Gasteiger partial charge is 0.479 e. The SMILES string of the molecule is CCN(CC)C(=O)CCC(O)(CCC(=O)N(CC)CC)C(=O)O. The van der Waals surface area contributed by atoms with Gasteiger partial charge in [0.2, 0.25) is 11.8 Å². The third kappa shape index (κ3) is 6.56. The second-order valence-electron chi connectivity index (χ2n) is 5.47. The third-order valence-corrected chi connectivity index (χ3v) is 4.14. The van der Waals surface area contributed by atoms with Gasteiger partial charge in [0.25, 0.3) is 0 Å². The molecule has 0 spiro atoms. The highest BCUT2D eigenvalue weighted by Crippen LogP contribution is 2.21. The number of amides is 2. The van der Waals surface area contributed by atoms with Gasteiger partial charge in [-0.2, -0.15) is 0 Å². The van der Waals surface area contributed by atoms with E-state index in [1.165, 1.54) is 0 Å². The smallest absolute Gasteiger partial charge is 0.335 e. The monoisotopic (exact) mass is 330 g/mol. The molecule has 2 amide bonds. The van der Waals surface area contributed by atoms with Crippen molar-refractivity contribution in [2.24, 2.45) is 0 Å². The lowest BCUT2D eigenvalue weighted by Gasteiger charge is -2.26. The van der Waals surface area contributed by atoms with Crippen LogP contribution in [-0.2, 0) is 14.4 Å². The van der Waals surface area contributed by atoms with E-state index in [9.17, 15) is 24.6 Å². The molecule has 0 saturated carbocycles. The van der Waals surface area contributed by atoms with E-state index >= 15 is 0 Å². The number of aliphatic hydroxyl groups is 1. The predicted octanol–water partition coefficient (Wildman–Crippen LogP) is 1.10. The fourth-order valence-electron chi connectivity index (χ4n) is 2.44. The lowest BCUT2D eigenvalue weighted by atomic mass is 9.91. The molecule has 0 aromatic carbocycles. The van der Waals surface area contributed by atoms with Crippen molar-refractivity contribution in [2.75, 3.05) is 26.2 Å². The summed E-state index contributed by atoms with van der Waals surface area (Å²) >= 11 is 0. The molecule has 134 valence electrons. The third-order valence-electron chi connectivity index (χ3n) is 4.14. The van der Waals surface area contributed by atoms with E-state index in [0.717, 1.165) is 0 Å². The fourth-order valence-corrected chi connectivity index (χ4v) is 2.44. The topological polar surface area (TPSA) is 98.2 Å². The molecule has 0 radical (unpaired) electrons. The van der Waals surface area contributed by atoms with Crippen molar-refractivity contribution in [3.05, 3.63) is 0 Å². The highest BCUT2D eigenvalue weighted by molar-refractivity contribution is 5.82. The molecular formula is C16H30N2O5. The van der Waals surface area contributed by atoms with Gasteiger partial charge >= 0.3 is 5.97 Å². The van der Waals surface area contributed by atoms with Crippen LogP contribution in [0.3, 0.4) is 0 Å². The molecule has 0 bridgehead atoms. The van der Waals surface area contributed by atoms with Crippen LogP contribution in [0.4, 0.5) is 0 Å². The molecule has 0 aliphatic carbocycles. The van der Waals surface area contributed by atoms with E-state index in [1.807, 2.05) is 27.7 Å². The molecule has 0 aliphatic heterocycles. The lowest BCUT2D eigenvalue weighted by Crippen LogP contribution is -2.42. The van der Waals surface area contributed by atoms with E-state index in [2.05, 4.69) is 0 Å². The summed E-state index contributed by atoms with van der Waals surface area (Å²) in [6, 6.07) is 0. The maximum Gasteiger partial charge on any atom is 0.335 e. The van der Waals surface area contributed by atoms with Gasteiger partial charge in [0, 0.05) is 39.0 Å². The Bertz CT molecular complexity index is 375. The molecular weight excluding hydrogens is 300 g/mol. The number of hydrogen-bond donors (Lipinski definition) is 2. The van der Waals surface area contributed by atoms with Crippen molar-refractivity contribution in [1.82, 2.24) is 9.80 Å². The molecule has 0 atom stereocenters. The van der Waals surface area contributed by atoms with Crippen molar-refractivity contribution < 1.29 is 24.6 Å². The van der Waals surface area contributed by atoms with Gasteiger partial charge in [-0.25, -0.2) is 4.79 Å². The van der Waals surface area contributed by atoms with Gasteiger partial charge in [-0.15, -0.1) is 0 Å². The first-order valence-corrected chi connectivity index (χ1v) is 8.26. The molecule has 0 aromatic rings. The Labute approximate surface area is 138 Å². The molecule has 0 aromatic heterocycles. The summed E-state index contributed by atoms with van der Waals surface area (Å²) < 4.78 is 0. The maximum atomic E-state index is 12.0. The predicted molar refractivity (Wildman–Crippen MR) is 86.9 cm³/mol. The van der Waals surface area contributed by atoms with Crippen LogP contribution >= 0.6 is 0 Å². The molecule has 23 heavy (non-hydrogen) atoms. The Morgan fingerprint density at radius 3 is 1.30 bits per heavy atom. The average Bonchev–Trinajstić information content (AvgIpc) is 2.53. The van der Waals surface area contributed by atoms with E-state index in [4.69, 9.17) is 0 Å². The van der Waals surface area contributed by atoms with Gasteiger partial charge < -0.3 is 20.0 Å². The maximum absolute atomic E-state index is 12.0. The minimum atomic E-state index is -2.05. The van der Waals surface area contributed by atoms with E-state index < -0.39 is 11.6 Å². The summed E-state index contributed by atoms with van der Waals surface area (Å²) in [5.74, 6) is -1.77. The second kappa shape index (κ2) is 10.2. The number of hydrogen-bond acceptors (Lipinski definition) is 4. The van der Waals surface area contributed by atoms with Crippen molar-refractivity contribution in [1.29, 1.82) is 0 Å². The number of aliphatic carboxylic acids is 1. The second-order valence-corrected chi connectivity index (χ2v) is 5.47. The van der Waals surface area contributed by atoms with Crippen molar-refractivity contribution in [2.45, 2.75) is 59.0 Å². The Kier molecular flexibility index (Phi) is 9.48. The zero-order valence-electron chi connectivity index (χ0n) is 14.7. The van der Waals surface area contributed by atoms with E-state index in [0.29, 0.717) is 26.2 Å². The van der Waals surface area contributed by atoms with Crippen LogP contribution in [0, 0.1) is 0 Å². The molecule has 0 fully saturated rings. The highest BCUT2D eigenvalue weighted by Gasteiger charge is 2.37. The van der Waals surface area contributed by atoms with Crippen LogP contribution < -0.4 is 0 Å². The summed E-state index contributed by atoms with van der Waals surface area (Å²) in [5.41, 5.74) is -2.05. The van der Waals surface area contributed by atoms with Crippen LogP contribution in [-0.4, -0.2) is 69.6 Å². The minimum Gasteiger partial charge on any atom is -0.479 e. The molecule has 0 rings (SSSR count). The Morgan fingerprint density at radius 2 is 1.09 bits per heavy atom. The van der Waals surface area contributed by atoms with Crippen LogP contribution in [0.25, 0.3) is 0 Å². The lowest BCUT2D eigenvalue weighted by molar-refractivity contribution is -0.161. The van der Waals surface area contributed by atoms with Crippen LogP contribution in [0.2, 0.25) is 0 Å². The first-order chi connectivity index (χ1) is 10.7. The number of rotatable bonds is 11. The van der Waals surface area contributed by atoms with Crippen molar-refractivity contribution >= 4 is 17.8 Å². The summed E-state index contributed by atoms with van der Waals surface area (Å²) in [6.45, 7) is 9.54. The van der Waals surface area contributed by atoms with Gasteiger partial charge in [0.15, 0.2) is 5.60 Å². The number of carboxylic acids is 1. The summed E-state index contributed by atoms with van der Waals surface area (Å²) in [6.07, 6.45) is -0.486. The zero-order chi connectivity index (χ0) is 18.0. The average molecular weight is 330 g/mol. The summed E-state index contributed by atoms with van der Waals surface area (Å²) in [5, 5.41) is 19.6. The van der Waals surface area contributed by atoms with Gasteiger partial charge in [-0.05, 0) is 40.5 Å². The standard InChI is InChI=1S/C16H30N2O5/c1-5-17(6-2)13(19)9-11-16(23,15(21)22)12-10-14(20)18(7-3)8-4/h23H,5-12H2,1-4H3,(H,21,22).